The number of nitrogens with zero attached hydrogens (tertiary/aromatic N) is 4. The van der Waals surface area contributed by atoms with Crippen molar-refractivity contribution < 1.29 is 22.4 Å². The van der Waals surface area contributed by atoms with Crippen LogP contribution in [0.15, 0.2) is 58.5 Å². The lowest BCUT2D eigenvalue weighted by molar-refractivity contribution is -0.129. The van der Waals surface area contributed by atoms with Crippen LogP contribution in [0.3, 0.4) is 0 Å². The Labute approximate surface area is 162 Å². The fourth-order valence-electron chi connectivity index (χ4n) is 3.27. The number of oxazole rings is 1. The van der Waals surface area contributed by atoms with Gasteiger partial charge < -0.3 is 10.2 Å². The van der Waals surface area contributed by atoms with Crippen molar-refractivity contribution in [1.29, 1.82) is 0 Å². The molecular formula is C19H14F3N5O2. The van der Waals surface area contributed by atoms with E-state index in [9.17, 15) is 18.0 Å². The van der Waals surface area contributed by atoms with E-state index in [4.69, 9.17) is 10.2 Å². The van der Waals surface area contributed by atoms with Gasteiger partial charge in [-0.3, -0.25) is 14.7 Å². The summed E-state index contributed by atoms with van der Waals surface area (Å²) in [5, 5.41) is 0. The molecule has 0 radical (unpaired) electrons. The van der Waals surface area contributed by atoms with Crippen LogP contribution in [0, 0.1) is 5.82 Å². The number of carbonyl (C=O) groups is 1. The largest absolute Gasteiger partial charge is 0.444 e. The van der Waals surface area contributed by atoms with Gasteiger partial charge >= 0.3 is 0 Å². The number of guanidine groups is 1. The van der Waals surface area contributed by atoms with E-state index in [0.717, 1.165) is 23.2 Å². The average molecular weight is 401 g/mol. The maximum absolute atomic E-state index is 15.0. The van der Waals surface area contributed by atoms with Gasteiger partial charge in [-0.15, -0.1) is 0 Å². The van der Waals surface area contributed by atoms with Crippen molar-refractivity contribution in [3.05, 3.63) is 71.8 Å². The maximum Gasteiger partial charge on any atom is 0.280 e. The molecule has 0 bridgehead atoms. The second-order valence-electron chi connectivity index (χ2n) is 6.37. The Hall–Kier alpha value is -3.69. The van der Waals surface area contributed by atoms with Gasteiger partial charge in [0.25, 0.3) is 12.3 Å². The van der Waals surface area contributed by atoms with Gasteiger partial charge in [0.05, 0.1) is 6.20 Å². The number of alkyl halides is 2. The highest BCUT2D eigenvalue weighted by Crippen LogP contribution is 2.42. The number of aromatic nitrogens is 2. The Morgan fingerprint density at radius 1 is 1.24 bits per heavy atom. The van der Waals surface area contributed by atoms with Crippen LogP contribution in [-0.4, -0.2) is 33.8 Å². The minimum absolute atomic E-state index is 0.0220. The van der Waals surface area contributed by atoms with Crippen LogP contribution in [0.1, 0.15) is 23.2 Å². The summed E-state index contributed by atoms with van der Waals surface area (Å²) in [6.07, 6.45) is 0.864. The molecule has 1 amide bonds. The SMILES string of the molecule is CN1C(=O)C(c2ccnc(C(F)F)c2)(c2cc(-c3cnco3)ccc2F)N=C1N. The number of halogens is 3. The van der Waals surface area contributed by atoms with Gasteiger partial charge in [-0.05, 0) is 35.9 Å². The van der Waals surface area contributed by atoms with Crippen molar-refractivity contribution in [3.63, 3.8) is 0 Å². The molecule has 4 rings (SSSR count). The molecule has 148 valence electrons. The van der Waals surface area contributed by atoms with Gasteiger partial charge in [0.2, 0.25) is 0 Å². The summed E-state index contributed by atoms with van der Waals surface area (Å²) in [6, 6.07) is 6.31. The summed E-state index contributed by atoms with van der Waals surface area (Å²) in [5.74, 6) is -1.28. The molecule has 3 aromatic rings. The Kier molecular flexibility index (Phi) is 4.33. The molecule has 10 heteroatoms. The molecule has 0 aliphatic carbocycles. The van der Waals surface area contributed by atoms with E-state index in [-0.39, 0.29) is 17.1 Å². The van der Waals surface area contributed by atoms with Crippen LogP contribution in [0.5, 0.6) is 0 Å². The van der Waals surface area contributed by atoms with Crippen molar-refractivity contribution in [1.82, 2.24) is 14.9 Å². The van der Waals surface area contributed by atoms with E-state index in [1.807, 2.05) is 0 Å². The normalized spacial score (nSPS) is 19.1. The number of amides is 1. The standard InChI is InChI=1S/C19H14F3N5O2/c1-27-17(28)19(26-18(27)23,11-4-5-25-14(7-11)16(21)22)12-6-10(2-3-13(12)20)15-8-24-9-29-15/h2-9,16H,1H3,(H2,23,26). The molecule has 0 saturated heterocycles. The summed E-state index contributed by atoms with van der Waals surface area (Å²) >= 11 is 0. The molecule has 1 atom stereocenters. The number of benzene rings is 1. The van der Waals surface area contributed by atoms with E-state index in [1.165, 1.54) is 37.8 Å². The van der Waals surface area contributed by atoms with Crippen molar-refractivity contribution in [2.75, 3.05) is 7.05 Å². The fraction of sp³-hybridized carbons (Fsp3) is 0.158. The highest BCUT2D eigenvalue weighted by molar-refractivity contribution is 6.09. The number of carbonyl (C=O) groups excluding carboxylic acids is 1. The second-order valence-corrected chi connectivity index (χ2v) is 6.37. The molecule has 1 aliphatic heterocycles. The predicted molar refractivity (Wildman–Crippen MR) is 96.3 cm³/mol. The lowest BCUT2D eigenvalue weighted by Crippen LogP contribution is -2.41. The molecule has 2 aromatic heterocycles. The number of hydrogen-bond donors (Lipinski definition) is 1. The van der Waals surface area contributed by atoms with Crippen LogP contribution in [0.4, 0.5) is 13.2 Å². The molecule has 0 saturated carbocycles. The molecule has 0 spiro atoms. The highest BCUT2D eigenvalue weighted by Gasteiger charge is 2.51. The molecule has 29 heavy (non-hydrogen) atoms. The quantitative estimate of drug-likeness (QED) is 0.725. The van der Waals surface area contributed by atoms with Gasteiger partial charge in [0.1, 0.15) is 11.5 Å². The molecule has 2 N–H and O–H groups in total. The zero-order chi connectivity index (χ0) is 20.8. The number of aliphatic imine (C=N–C) groups is 1. The summed E-state index contributed by atoms with van der Waals surface area (Å²) in [6.45, 7) is 0. The predicted octanol–water partition coefficient (Wildman–Crippen LogP) is 2.84. The zero-order valence-electron chi connectivity index (χ0n) is 15.0. The maximum atomic E-state index is 15.0. The molecule has 3 heterocycles. The first-order valence-corrected chi connectivity index (χ1v) is 8.41. The number of nitrogens with two attached hydrogens (primary N) is 1. The van der Waals surface area contributed by atoms with E-state index >= 15 is 0 Å². The average Bonchev–Trinajstić information content (AvgIpc) is 3.33. The number of hydrogen-bond acceptors (Lipinski definition) is 6. The van der Waals surface area contributed by atoms with E-state index < -0.39 is 29.4 Å². The summed E-state index contributed by atoms with van der Waals surface area (Å²) in [4.78, 5) is 25.9. The van der Waals surface area contributed by atoms with Crippen LogP contribution in [-0.2, 0) is 10.3 Å². The van der Waals surface area contributed by atoms with E-state index in [2.05, 4.69) is 15.0 Å². The third-order valence-corrected chi connectivity index (χ3v) is 4.74. The Morgan fingerprint density at radius 2 is 2.03 bits per heavy atom. The molecule has 1 aliphatic rings. The summed E-state index contributed by atoms with van der Waals surface area (Å²) in [5.41, 5.74) is 3.59. The first-order valence-electron chi connectivity index (χ1n) is 8.41. The monoisotopic (exact) mass is 401 g/mol. The van der Waals surface area contributed by atoms with Gasteiger partial charge in [0, 0.05) is 24.4 Å². The van der Waals surface area contributed by atoms with Crippen LogP contribution < -0.4 is 5.73 Å². The summed E-state index contributed by atoms with van der Waals surface area (Å²) in [7, 11) is 1.37. The van der Waals surface area contributed by atoms with E-state index in [0.29, 0.717) is 11.3 Å². The van der Waals surface area contributed by atoms with E-state index in [1.54, 1.807) is 0 Å². The number of rotatable bonds is 4. The molecule has 1 aromatic carbocycles. The van der Waals surface area contributed by atoms with Crippen molar-refractivity contribution >= 4 is 11.9 Å². The fourth-order valence-corrected chi connectivity index (χ4v) is 3.27. The lowest BCUT2D eigenvalue weighted by atomic mass is 9.81. The first-order chi connectivity index (χ1) is 13.8. The van der Waals surface area contributed by atoms with Crippen LogP contribution >= 0.6 is 0 Å². The van der Waals surface area contributed by atoms with Crippen LogP contribution in [0.25, 0.3) is 11.3 Å². The molecular weight excluding hydrogens is 387 g/mol. The zero-order valence-corrected chi connectivity index (χ0v) is 15.0. The summed E-state index contributed by atoms with van der Waals surface area (Å²) < 4.78 is 46.7. The Balaban J connectivity index is 2.00. The first kappa shape index (κ1) is 18.7. The van der Waals surface area contributed by atoms with Gasteiger partial charge in [-0.1, -0.05) is 0 Å². The number of likely N-dealkylation sites (N-methyl/N-ethyl adjacent to an activating group) is 1. The molecule has 7 nitrogen and oxygen atoms in total. The van der Waals surface area contributed by atoms with Crippen molar-refractivity contribution in [2.45, 2.75) is 12.0 Å². The van der Waals surface area contributed by atoms with Gasteiger partial charge in [0.15, 0.2) is 23.7 Å². The third-order valence-electron chi connectivity index (χ3n) is 4.74. The third kappa shape index (κ3) is 2.84. The molecule has 0 fully saturated rings. The minimum atomic E-state index is -2.88. The van der Waals surface area contributed by atoms with Crippen LogP contribution in [0.2, 0.25) is 0 Å². The Bertz CT molecular complexity index is 1120. The van der Waals surface area contributed by atoms with Gasteiger partial charge in [-0.2, -0.15) is 0 Å². The molecule has 1 unspecified atom stereocenters. The van der Waals surface area contributed by atoms with Gasteiger partial charge in [-0.25, -0.2) is 23.1 Å². The topological polar surface area (TPSA) is 97.6 Å². The highest BCUT2D eigenvalue weighted by atomic mass is 19.3. The van der Waals surface area contributed by atoms with Crippen molar-refractivity contribution in [2.24, 2.45) is 10.7 Å². The smallest absolute Gasteiger partial charge is 0.280 e. The number of pyridine rings is 1. The minimum Gasteiger partial charge on any atom is -0.444 e. The second kappa shape index (κ2) is 6.73. The Morgan fingerprint density at radius 3 is 2.66 bits per heavy atom. The van der Waals surface area contributed by atoms with Crippen molar-refractivity contribution in [3.8, 4) is 11.3 Å². The lowest BCUT2D eigenvalue weighted by Gasteiger charge is -2.27.